The van der Waals surface area contributed by atoms with Crippen molar-refractivity contribution in [1.29, 1.82) is 0 Å². The van der Waals surface area contributed by atoms with Crippen LogP contribution in [0.25, 0.3) is 43.6 Å². The zero-order chi connectivity index (χ0) is 18.0. The van der Waals surface area contributed by atoms with Crippen LogP contribution in [0.2, 0.25) is 0 Å². The predicted octanol–water partition coefficient (Wildman–Crippen LogP) is 4.29. The zero-order valence-corrected chi connectivity index (χ0v) is 14.4. The highest BCUT2D eigenvalue weighted by molar-refractivity contribution is 6.02. The van der Waals surface area contributed by atoms with Crippen molar-refractivity contribution in [2.24, 2.45) is 0 Å². The Bertz CT molecular complexity index is 1490. The van der Waals surface area contributed by atoms with Gasteiger partial charge in [0.15, 0.2) is 10.9 Å². The van der Waals surface area contributed by atoms with Crippen molar-refractivity contribution in [2.45, 2.75) is 13.8 Å². The lowest BCUT2D eigenvalue weighted by Crippen LogP contribution is -2.08. The van der Waals surface area contributed by atoms with Gasteiger partial charge in [0.25, 0.3) is 0 Å². The van der Waals surface area contributed by atoms with Crippen molar-refractivity contribution < 1.29 is 0 Å². The molecule has 26 heavy (non-hydrogen) atoms. The van der Waals surface area contributed by atoms with Crippen molar-refractivity contribution in [2.75, 3.05) is 0 Å². The van der Waals surface area contributed by atoms with Gasteiger partial charge in [-0.2, -0.15) is 0 Å². The van der Waals surface area contributed by atoms with Gasteiger partial charge in [0.1, 0.15) is 0 Å². The van der Waals surface area contributed by atoms with E-state index in [1.54, 1.807) is 12.1 Å². The molecule has 0 amide bonds. The first-order valence-corrected chi connectivity index (χ1v) is 8.54. The first-order valence-electron chi connectivity index (χ1n) is 8.54. The number of fused-ring (bicyclic) bond motifs is 4. The van der Waals surface area contributed by atoms with Gasteiger partial charge in [0, 0.05) is 32.6 Å². The van der Waals surface area contributed by atoms with Gasteiger partial charge in [-0.3, -0.25) is 9.59 Å². The first-order chi connectivity index (χ1) is 12.5. The van der Waals surface area contributed by atoms with Crippen molar-refractivity contribution in [3.05, 3.63) is 80.1 Å². The smallest absolute Gasteiger partial charge is 0.197 e. The second-order valence-electron chi connectivity index (χ2n) is 6.95. The van der Waals surface area contributed by atoms with E-state index in [9.17, 15) is 9.59 Å². The Morgan fingerprint density at radius 2 is 1.04 bits per heavy atom. The summed E-state index contributed by atoms with van der Waals surface area (Å²) >= 11 is 0. The fourth-order valence-electron chi connectivity index (χ4n) is 3.68. The molecule has 2 aromatic heterocycles. The van der Waals surface area contributed by atoms with Gasteiger partial charge < -0.3 is 9.97 Å². The second-order valence-corrected chi connectivity index (χ2v) is 6.95. The maximum Gasteiger partial charge on any atom is 0.197 e. The average Bonchev–Trinajstić information content (AvgIpc) is 2.62. The molecule has 4 heteroatoms. The number of rotatable bonds is 0. The third-order valence-electron chi connectivity index (χ3n) is 5.03. The minimum absolute atomic E-state index is 0.0236. The molecule has 0 bridgehead atoms. The highest BCUT2D eigenvalue weighted by atomic mass is 16.1. The van der Waals surface area contributed by atoms with Gasteiger partial charge in [0.05, 0.1) is 11.0 Å². The van der Waals surface area contributed by atoms with Gasteiger partial charge in [0.2, 0.25) is 0 Å². The number of nitrogens with one attached hydrogen (secondary N) is 2. The van der Waals surface area contributed by atoms with Crippen LogP contribution in [0, 0.1) is 13.8 Å². The molecule has 0 spiro atoms. The summed E-state index contributed by atoms with van der Waals surface area (Å²) in [4.78, 5) is 32.5. The van der Waals surface area contributed by atoms with Crippen LogP contribution in [-0.2, 0) is 0 Å². The Labute approximate surface area is 148 Å². The Hall–Kier alpha value is -3.40. The Morgan fingerprint density at radius 1 is 0.538 bits per heavy atom. The van der Waals surface area contributed by atoms with E-state index < -0.39 is 0 Å². The van der Waals surface area contributed by atoms with Gasteiger partial charge in [-0.05, 0) is 55.8 Å². The number of aromatic amines is 2. The molecular formula is C22H16N2O2. The van der Waals surface area contributed by atoms with E-state index in [1.165, 1.54) is 0 Å². The molecule has 3 aromatic carbocycles. The van der Waals surface area contributed by atoms with Crippen LogP contribution in [-0.4, -0.2) is 9.97 Å². The molecule has 5 rings (SSSR count). The minimum atomic E-state index is -0.0273. The fourth-order valence-corrected chi connectivity index (χ4v) is 3.68. The molecular weight excluding hydrogens is 324 g/mol. The number of hydrogen-bond donors (Lipinski definition) is 2. The number of hydrogen-bond acceptors (Lipinski definition) is 2. The summed E-state index contributed by atoms with van der Waals surface area (Å²) in [7, 11) is 0. The predicted molar refractivity (Wildman–Crippen MR) is 107 cm³/mol. The molecule has 0 atom stereocenters. The second kappa shape index (κ2) is 5.05. The van der Waals surface area contributed by atoms with E-state index in [0.717, 1.165) is 22.2 Å². The largest absolute Gasteiger partial charge is 0.354 e. The normalized spacial score (nSPS) is 11.8. The van der Waals surface area contributed by atoms with E-state index in [-0.39, 0.29) is 10.9 Å². The number of aryl methyl sites for hydroxylation is 2. The summed E-state index contributed by atoms with van der Waals surface area (Å²) in [6.07, 6.45) is 0. The SMILES string of the molecule is Cc1ccc2c(=O)c3cc4[nH]c5ccc(C)cc5c(=O)c4cc3[nH]c2c1. The van der Waals surface area contributed by atoms with E-state index in [0.29, 0.717) is 32.6 Å². The van der Waals surface area contributed by atoms with E-state index in [1.807, 2.05) is 50.2 Å². The van der Waals surface area contributed by atoms with Crippen molar-refractivity contribution in [1.82, 2.24) is 9.97 Å². The van der Waals surface area contributed by atoms with Crippen LogP contribution in [0.1, 0.15) is 11.1 Å². The lowest BCUT2D eigenvalue weighted by molar-refractivity contribution is 1.42. The number of aromatic nitrogens is 2. The van der Waals surface area contributed by atoms with Gasteiger partial charge >= 0.3 is 0 Å². The standard InChI is InChI=1S/C22H16N2O2/c1-11-4-6-17-14(7-11)22(26)16-10-20-15(9-19(16)23-17)21(25)13-5-3-12(2)8-18(13)24-20/h3-10H,1-2H3,(H,23,26)(H,24,25). The van der Waals surface area contributed by atoms with Crippen molar-refractivity contribution in [3.8, 4) is 0 Å². The highest BCUT2D eigenvalue weighted by Gasteiger charge is 2.11. The molecule has 126 valence electrons. The molecule has 2 N–H and O–H groups in total. The van der Waals surface area contributed by atoms with Gasteiger partial charge in [-0.1, -0.05) is 17.7 Å². The quantitative estimate of drug-likeness (QED) is 0.413. The molecule has 0 unspecified atom stereocenters. The molecule has 0 aliphatic heterocycles. The average molecular weight is 340 g/mol. The van der Waals surface area contributed by atoms with Crippen LogP contribution >= 0.6 is 0 Å². The summed E-state index contributed by atoms with van der Waals surface area (Å²) in [6, 6.07) is 15.1. The highest BCUT2D eigenvalue weighted by Crippen LogP contribution is 2.22. The van der Waals surface area contributed by atoms with Gasteiger partial charge in [-0.25, -0.2) is 0 Å². The topological polar surface area (TPSA) is 65.7 Å². The van der Waals surface area contributed by atoms with Crippen molar-refractivity contribution in [3.63, 3.8) is 0 Å². The zero-order valence-electron chi connectivity index (χ0n) is 14.4. The molecule has 4 nitrogen and oxygen atoms in total. The summed E-state index contributed by atoms with van der Waals surface area (Å²) in [6.45, 7) is 3.96. The Balaban J connectivity index is 2.00. The number of benzene rings is 3. The third kappa shape index (κ3) is 2.02. The van der Waals surface area contributed by atoms with Crippen LogP contribution in [0.15, 0.2) is 58.1 Å². The molecule has 0 fully saturated rings. The lowest BCUT2D eigenvalue weighted by Gasteiger charge is -2.07. The first kappa shape index (κ1) is 14.9. The minimum Gasteiger partial charge on any atom is -0.354 e. The van der Waals surface area contributed by atoms with E-state index in [2.05, 4.69) is 9.97 Å². The third-order valence-corrected chi connectivity index (χ3v) is 5.03. The lowest BCUT2D eigenvalue weighted by atomic mass is 10.0. The van der Waals surface area contributed by atoms with Crippen LogP contribution < -0.4 is 10.9 Å². The molecule has 5 aromatic rings. The number of pyridine rings is 2. The van der Waals surface area contributed by atoms with Crippen LogP contribution in [0.5, 0.6) is 0 Å². The van der Waals surface area contributed by atoms with Crippen molar-refractivity contribution >= 4 is 43.6 Å². The molecule has 0 aliphatic rings. The van der Waals surface area contributed by atoms with E-state index >= 15 is 0 Å². The molecule has 0 aliphatic carbocycles. The van der Waals surface area contributed by atoms with Crippen LogP contribution in [0.3, 0.4) is 0 Å². The Morgan fingerprint density at radius 3 is 1.77 bits per heavy atom. The molecule has 2 heterocycles. The summed E-state index contributed by atoms with van der Waals surface area (Å²) in [5.74, 6) is 0. The van der Waals surface area contributed by atoms with E-state index in [4.69, 9.17) is 0 Å². The fraction of sp³-hybridized carbons (Fsp3) is 0.0909. The summed E-state index contributed by atoms with van der Waals surface area (Å²) in [5, 5.41) is 2.48. The van der Waals surface area contributed by atoms with Gasteiger partial charge in [-0.15, -0.1) is 0 Å². The maximum atomic E-state index is 13.0. The Kier molecular flexibility index (Phi) is 2.89. The number of H-pyrrole nitrogens is 2. The van der Waals surface area contributed by atoms with Crippen LogP contribution in [0.4, 0.5) is 0 Å². The molecule has 0 saturated heterocycles. The summed E-state index contributed by atoms with van der Waals surface area (Å²) in [5.41, 5.74) is 4.99. The maximum absolute atomic E-state index is 13.0. The summed E-state index contributed by atoms with van der Waals surface area (Å²) < 4.78 is 0. The molecule has 0 saturated carbocycles. The monoisotopic (exact) mass is 340 g/mol. The molecule has 0 radical (unpaired) electrons.